The average Bonchev–Trinajstić information content (AvgIpc) is 2.10. The number of carbonyl (C=O) groups excluding carboxylic acids is 1. The first-order valence-electron chi connectivity index (χ1n) is 3.37. The number of hydrogen-bond donors (Lipinski definition) is 0. The van der Waals surface area contributed by atoms with E-state index >= 15 is 0 Å². The van der Waals surface area contributed by atoms with Gasteiger partial charge in [-0.2, -0.15) is 0 Å². The van der Waals surface area contributed by atoms with E-state index in [1.165, 1.54) is 12.1 Å². The summed E-state index contributed by atoms with van der Waals surface area (Å²) in [5.41, 5.74) is 0. The quantitative estimate of drug-likeness (QED) is 0.331. The van der Waals surface area contributed by atoms with Crippen LogP contribution in [-0.4, -0.2) is 5.97 Å². The fourth-order valence-corrected chi connectivity index (χ4v) is 1.64. The molecule has 0 saturated carbocycles. The van der Waals surface area contributed by atoms with Gasteiger partial charge in [0.15, 0.2) is 5.75 Å². The first-order chi connectivity index (χ1) is 6.54. The highest BCUT2D eigenvalue weighted by Gasteiger charge is 2.11. The Morgan fingerprint density at radius 1 is 1.29 bits per heavy atom. The van der Waals surface area contributed by atoms with Crippen LogP contribution in [0.2, 0.25) is 15.1 Å². The van der Waals surface area contributed by atoms with Crippen LogP contribution >= 0.6 is 34.8 Å². The van der Waals surface area contributed by atoms with Crippen LogP contribution in [0.25, 0.3) is 0 Å². The molecule has 0 amide bonds. The Balaban J connectivity index is 3.10. The molecule has 0 aliphatic rings. The van der Waals surface area contributed by atoms with Gasteiger partial charge in [0.25, 0.3) is 0 Å². The molecule has 0 atom stereocenters. The normalized spacial score (nSPS) is 9.29. The summed E-state index contributed by atoms with van der Waals surface area (Å²) in [6.45, 7) is 0. The SMILES string of the molecule is C#CC(=O)Oc1c(Cl)cc(Cl)cc1Cl. The third-order valence-corrected chi connectivity index (χ3v) is 2.06. The van der Waals surface area contributed by atoms with Crippen LogP contribution in [0.4, 0.5) is 0 Å². The topological polar surface area (TPSA) is 26.3 Å². The summed E-state index contributed by atoms with van der Waals surface area (Å²) in [7, 11) is 0. The second-order valence-corrected chi connectivity index (χ2v) is 3.48. The third-order valence-electron chi connectivity index (χ3n) is 1.28. The van der Waals surface area contributed by atoms with Crippen molar-refractivity contribution in [1.29, 1.82) is 0 Å². The number of hydrogen-bond acceptors (Lipinski definition) is 2. The maximum atomic E-state index is 10.8. The first kappa shape index (κ1) is 11.2. The first-order valence-corrected chi connectivity index (χ1v) is 4.51. The second-order valence-electron chi connectivity index (χ2n) is 2.23. The zero-order valence-electron chi connectivity index (χ0n) is 6.68. The molecule has 0 heterocycles. The highest BCUT2D eigenvalue weighted by Crippen LogP contribution is 2.35. The molecular weight excluding hydrogens is 246 g/mol. The number of rotatable bonds is 1. The number of halogens is 3. The van der Waals surface area contributed by atoms with Crippen molar-refractivity contribution in [1.82, 2.24) is 0 Å². The van der Waals surface area contributed by atoms with E-state index in [9.17, 15) is 4.79 Å². The van der Waals surface area contributed by atoms with Gasteiger partial charge in [0.1, 0.15) is 0 Å². The lowest BCUT2D eigenvalue weighted by molar-refractivity contribution is -0.128. The minimum atomic E-state index is -0.865. The predicted molar refractivity (Wildman–Crippen MR) is 55.9 cm³/mol. The molecule has 0 N–H and O–H groups in total. The molecule has 0 aromatic heterocycles. The van der Waals surface area contributed by atoms with Crippen LogP contribution in [0, 0.1) is 12.3 Å². The molecular formula is C9H3Cl3O2. The highest BCUT2D eigenvalue weighted by molar-refractivity contribution is 6.40. The van der Waals surface area contributed by atoms with Crippen LogP contribution in [0.15, 0.2) is 12.1 Å². The van der Waals surface area contributed by atoms with E-state index in [0.717, 1.165) is 0 Å². The van der Waals surface area contributed by atoms with E-state index in [4.69, 9.17) is 41.2 Å². The lowest BCUT2D eigenvalue weighted by Crippen LogP contribution is -2.04. The Hall–Kier alpha value is -0.880. The molecule has 14 heavy (non-hydrogen) atoms. The molecule has 5 heteroatoms. The van der Waals surface area contributed by atoms with E-state index in [2.05, 4.69) is 4.74 Å². The Labute approximate surface area is 95.7 Å². The Kier molecular flexibility index (Phi) is 3.65. The predicted octanol–water partition coefficient (Wildman–Crippen LogP) is 3.19. The van der Waals surface area contributed by atoms with Gasteiger partial charge in [-0.05, 0) is 12.1 Å². The van der Waals surface area contributed by atoms with E-state index in [-0.39, 0.29) is 15.8 Å². The fourth-order valence-electron chi connectivity index (χ4n) is 0.749. The van der Waals surface area contributed by atoms with Gasteiger partial charge in [-0.3, -0.25) is 0 Å². The van der Waals surface area contributed by atoms with Gasteiger partial charge in [-0.1, -0.05) is 34.8 Å². The van der Waals surface area contributed by atoms with Gasteiger partial charge in [0.2, 0.25) is 0 Å². The number of terminal acetylenes is 1. The summed E-state index contributed by atoms with van der Waals surface area (Å²) in [6, 6.07) is 2.79. The molecule has 0 unspecified atom stereocenters. The standard InChI is InChI=1S/C9H3Cl3O2/c1-2-8(13)14-9-6(11)3-5(10)4-7(9)12/h1,3-4H. The molecule has 72 valence electrons. The smallest absolute Gasteiger partial charge is 0.389 e. The summed E-state index contributed by atoms with van der Waals surface area (Å²) >= 11 is 17.1. The van der Waals surface area contributed by atoms with Crippen molar-refractivity contribution < 1.29 is 9.53 Å². The van der Waals surface area contributed by atoms with Crippen LogP contribution in [0.1, 0.15) is 0 Å². The summed E-state index contributed by atoms with van der Waals surface area (Å²) in [6.07, 6.45) is 4.81. The van der Waals surface area contributed by atoms with Gasteiger partial charge in [-0.15, -0.1) is 6.42 Å². The van der Waals surface area contributed by atoms with Crippen LogP contribution in [-0.2, 0) is 4.79 Å². The number of benzene rings is 1. The van der Waals surface area contributed by atoms with Crippen molar-refractivity contribution in [2.75, 3.05) is 0 Å². The Morgan fingerprint density at radius 3 is 2.21 bits per heavy atom. The average molecular weight is 249 g/mol. The Bertz CT molecular complexity index is 398. The van der Waals surface area contributed by atoms with Gasteiger partial charge in [0.05, 0.1) is 10.0 Å². The molecule has 0 aliphatic carbocycles. The largest absolute Gasteiger partial charge is 0.414 e. The van der Waals surface area contributed by atoms with E-state index in [0.29, 0.717) is 5.02 Å². The van der Waals surface area contributed by atoms with Crippen LogP contribution in [0.5, 0.6) is 5.75 Å². The van der Waals surface area contributed by atoms with E-state index < -0.39 is 5.97 Å². The van der Waals surface area contributed by atoms with Gasteiger partial charge in [0, 0.05) is 10.9 Å². The monoisotopic (exact) mass is 248 g/mol. The zero-order chi connectivity index (χ0) is 10.7. The molecule has 0 radical (unpaired) electrons. The van der Waals surface area contributed by atoms with Crippen LogP contribution < -0.4 is 4.74 Å². The van der Waals surface area contributed by atoms with Crippen molar-refractivity contribution in [2.24, 2.45) is 0 Å². The van der Waals surface area contributed by atoms with Crippen molar-refractivity contribution in [3.05, 3.63) is 27.2 Å². The number of carbonyl (C=O) groups is 1. The number of esters is 1. The zero-order valence-corrected chi connectivity index (χ0v) is 8.95. The van der Waals surface area contributed by atoms with Gasteiger partial charge >= 0.3 is 5.97 Å². The fraction of sp³-hybridized carbons (Fsp3) is 0. The molecule has 0 aliphatic heterocycles. The lowest BCUT2D eigenvalue weighted by atomic mass is 10.3. The van der Waals surface area contributed by atoms with Crippen molar-refractivity contribution in [2.45, 2.75) is 0 Å². The molecule has 0 bridgehead atoms. The summed E-state index contributed by atoms with van der Waals surface area (Å²) in [5, 5.41) is 0.609. The van der Waals surface area contributed by atoms with Gasteiger partial charge in [-0.25, -0.2) is 4.79 Å². The van der Waals surface area contributed by atoms with E-state index in [1.54, 1.807) is 5.92 Å². The number of ether oxygens (including phenoxy) is 1. The molecule has 2 nitrogen and oxygen atoms in total. The van der Waals surface area contributed by atoms with Crippen molar-refractivity contribution in [3.8, 4) is 18.1 Å². The van der Waals surface area contributed by atoms with E-state index in [1.807, 2.05) is 0 Å². The van der Waals surface area contributed by atoms with Crippen molar-refractivity contribution >= 4 is 40.8 Å². The molecule has 0 spiro atoms. The summed E-state index contributed by atoms with van der Waals surface area (Å²) in [5.74, 6) is 0.921. The third kappa shape index (κ3) is 2.55. The highest BCUT2D eigenvalue weighted by atomic mass is 35.5. The summed E-state index contributed by atoms with van der Waals surface area (Å²) < 4.78 is 4.68. The molecule has 0 fully saturated rings. The Morgan fingerprint density at radius 2 is 1.79 bits per heavy atom. The van der Waals surface area contributed by atoms with Crippen LogP contribution in [0.3, 0.4) is 0 Å². The van der Waals surface area contributed by atoms with Crippen molar-refractivity contribution in [3.63, 3.8) is 0 Å². The maximum Gasteiger partial charge on any atom is 0.389 e. The molecule has 1 rings (SSSR count). The minimum absolute atomic E-state index is 0.0145. The van der Waals surface area contributed by atoms with Gasteiger partial charge < -0.3 is 4.74 Å². The molecule has 1 aromatic rings. The second kappa shape index (κ2) is 4.56. The maximum absolute atomic E-state index is 10.8. The molecule has 0 saturated heterocycles. The summed E-state index contributed by atoms with van der Waals surface area (Å²) in [4.78, 5) is 10.8. The minimum Gasteiger partial charge on any atom is -0.414 e. The molecule has 1 aromatic carbocycles. The lowest BCUT2D eigenvalue weighted by Gasteiger charge is -2.05.